The van der Waals surface area contributed by atoms with Crippen molar-refractivity contribution in [2.45, 2.75) is 0 Å². The topological polar surface area (TPSA) is 82.5 Å². The second-order valence-corrected chi connectivity index (χ2v) is 12.1. The average Bonchev–Trinajstić information content (AvgIpc) is 3.74. The highest BCUT2D eigenvalue weighted by Crippen LogP contribution is 2.38. The van der Waals surface area contributed by atoms with Crippen LogP contribution in [0.5, 0.6) is 0 Å². The van der Waals surface area contributed by atoms with Crippen molar-refractivity contribution in [3.05, 3.63) is 158 Å². The summed E-state index contributed by atoms with van der Waals surface area (Å²) in [6.07, 6.45) is 0. The summed E-state index contributed by atoms with van der Waals surface area (Å²) in [5, 5.41) is 3.16. The minimum Gasteiger partial charge on any atom is -0.452 e. The van der Waals surface area contributed by atoms with Crippen LogP contribution in [0.25, 0.3) is 95.2 Å². The lowest BCUT2D eigenvalue weighted by atomic mass is 10.1. The summed E-state index contributed by atoms with van der Waals surface area (Å²) in [4.78, 5) is 25.3. The van der Waals surface area contributed by atoms with E-state index < -0.39 is 0 Å². The SMILES string of the molecule is c1ccc(-c2nc(-c3ccccc3)nc(-c3nc(-c4ccc5c(c4)c4ccccc4n5-c4ccccc4)nc4c3oc3ccccc34)n2)cc1. The van der Waals surface area contributed by atoms with Gasteiger partial charge < -0.3 is 8.98 Å². The first-order chi connectivity index (χ1) is 24.8. The Morgan fingerprint density at radius 1 is 0.400 bits per heavy atom. The van der Waals surface area contributed by atoms with Gasteiger partial charge in [0.15, 0.2) is 34.6 Å². The molecule has 50 heavy (non-hydrogen) atoms. The van der Waals surface area contributed by atoms with Crippen LogP contribution in [0.3, 0.4) is 0 Å². The minimum absolute atomic E-state index is 0.409. The van der Waals surface area contributed by atoms with E-state index in [2.05, 4.69) is 71.3 Å². The normalized spacial score (nSPS) is 11.6. The highest BCUT2D eigenvalue weighted by molar-refractivity contribution is 6.11. The fourth-order valence-corrected chi connectivity index (χ4v) is 6.75. The summed E-state index contributed by atoms with van der Waals surface area (Å²) in [7, 11) is 0. The van der Waals surface area contributed by atoms with Crippen molar-refractivity contribution < 1.29 is 4.42 Å². The molecule has 0 amide bonds. The van der Waals surface area contributed by atoms with Crippen molar-refractivity contribution in [2.24, 2.45) is 0 Å². The minimum atomic E-state index is 0.409. The van der Waals surface area contributed by atoms with Gasteiger partial charge in [0.1, 0.15) is 11.1 Å². The zero-order chi connectivity index (χ0) is 33.0. The van der Waals surface area contributed by atoms with Crippen LogP contribution in [0.4, 0.5) is 0 Å². The molecule has 4 aromatic heterocycles. The number of nitrogens with zero attached hydrogens (tertiary/aromatic N) is 6. The standard InChI is InChI=1S/C43H26N6O/c1-4-14-27(15-5-1)40-46-41(28-16-6-2-7-17-28)48-43(47-40)38-39-37(32-21-11-13-23-36(32)50-39)44-42(45-38)29-24-25-35-33(26-29)31-20-10-12-22-34(31)49(35)30-18-8-3-9-19-30/h1-26H. The number of hydrogen-bond acceptors (Lipinski definition) is 6. The lowest BCUT2D eigenvalue weighted by Gasteiger charge is -2.10. The zero-order valence-corrected chi connectivity index (χ0v) is 26.6. The van der Waals surface area contributed by atoms with Gasteiger partial charge in [-0.25, -0.2) is 24.9 Å². The monoisotopic (exact) mass is 642 g/mol. The Bertz CT molecular complexity index is 2810. The van der Waals surface area contributed by atoms with E-state index in [1.165, 1.54) is 0 Å². The van der Waals surface area contributed by atoms with E-state index in [0.29, 0.717) is 40.1 Å². The molecule has 10 aromatic rings. The molecule has 0 aliphatic carbocycles. The van der Waals surface area contributed by atoms with E-state index in [1.54, 1.807) is 0 Å². The number of fused-ring (bicyclic) bond motifs is 6. The Labute approximate surface area is 286 Å². The van der Waals surface area contributed by atoms with Crippen LogP contribution in [0.1, 0.15) is 0 Å². The number of hydrogen-bond donors (Lipinski definition) is 0. The Morgan fingerprint density at radius 3 is 1.68 bits per heavy atom. The van der Waals surface area contributed by atoms with Crippen molar-refractivity contribution in [2.75, 3.05) is 0 Å². The maximum atomic E-state index is 6.47. The van der Waals surface area contributed by atoms with Crippen LogP contribution < -0.4 is 0 Å². The third kappa shape index (κ3) is 4.56. The van der Waals surface area contributed by atoms with Gasteiger partial charge in [0.05, 0.1) is 11.0 Å². The molecule has 0 N–H and O–H groups in total. The fraction of sp³-hybridized carbons (Fsp3) is 0. The first-order valence-electron chi connectivity index (χ1n) is 16.4. The molecule has 0 aliphatic rings. The van der Waals surface area contributed by atoms with Gasteiger partial charge in [0.25, 0.3) is 0 Å². The molecule has 0 atom stereocenters. The average molecular weight is 643 g/mol. The van der Waals surface area contributed by atoms with Crippen LogP contribution in [-0.2, 0) is 0 Å². The van der Waals surface area contributed by atoms with Crippen LogP contribution in [0, 0.1) is 0 Å². The Hall–Kier alpha value is -6.99. The van der Waals surface area contributed by atoms with E-state index in [1.807, 2.05) is 91.0 Å². The summed E-state index contributed by atoms with van der Waals surface area (Å²) in [6.45, 7) is 0. The van der Waals surface area contributed by atoms with Gasteiger partial charge in [-0.15, -0.1) is 0 Å². The fourth-order valence-electron chi connectivity index (χ4n) is 6.75. The van der Waals surface area contributed by atoms with Crippen LogP contribution in [0.15, 0.2) is 162 Å². The molecule has 0 spiro atoms. The molecule has 0 saturated heterocycles. The maximum absolute atomic E-state index is 6.47. The summed E-state index contributed by atoms with van der Waals surface area (Å²) in [5.41, 5.74) is 8.44. The number of furan rings is 1. The lowest BCUT2D eigenvalue weighted by molar-refractivity contribution is 0.666. The summed E-state index contributed by atoms with van der Waals surface area (Å²) >= 11 is 0. The van der Waals surface area contributed by atoms with Crippen molar-refractivity contribution in [1.29, 1.82) is 0 Å². The molecule has 0 unspecified atom stereocenters. The van der Waals surface area contributed by atoms with E-state index in [-0.39, 0.29) is 0 Å². The number of aromatic nitrogens is 6. The van der Waals surface area contributed by atoms with E-state index >= 15 is 0 Å². The van der Waals surface area contributed by atoms with Gasteiger partial charge in [-0.05, 0) is 48.5 Å². The quantitative estimate of drug-likeness (QED) is 0.186. The largest absolute Gasteiger partial charge is 0.452 e. The van der Waals surface area contributed by atoms with Crippen LogP contribution in [-0.4, -0.2) is 29.5 Å². The lowest BCUT2D eigenvalue weighted by Crippen LogP contribution is -2.03. The molecule has 6 aromatic carbocycles. The zero-order valence-electron chi connectivity index (χ0n) is 26.6. The second kappa shape index (κ2) is 11.3. The van der Waals surface area contributed by atoms with Gasteiger partial charge in [-0.2, -0.15) is 0 Å². The second-order valence-electron chi connectivity index (χ2n) is 12.1. The molecule has 0 saturated carbocycles. The van der Waals surface area contributed by atoms with Crippen molar-refractivity contribution in [3.63, 3.8) is 0 Å². The number of rotatable bonds is 5. The summed E-state index contributed by atoms with van der Waals surface area (Å²) in [6, 6.07) is 53.1. The molecular formula is C43H26N6O. The summed E-state index contributed by atoms with van der Waals surface area (Å²) in [5.74, 6) is 2.07. The van der Waals surface area contributed by atoms with Crippen molar-refractivity contribution in [3.8, 4) is 51.4 Å². The molecule has 10 rings (SSSR count). The predicted octanol–water partition coefficient (Wildman–Crippen LogP) is 10.3. The summed E-state index contributed by atoms with van der Waals surface area (Å²) < 4.78 is 8.77. The Morgan fingerprint density at radius 2 is 0.960 bits per heavy atom. The third-order valence-corrected chi connectivity index (χ3v) is 9.08. The first-order valence-corrected chi connectivity index (χ1v) is 16.4. The number of para-hydroxylation sites is 3. The van der Waals surface area contributed by atoms with E-state index in [4.69, 9.17) is 29.3 Å². The van der Waals surface area contributed by atoms with Crippen LogP contribution in [0.2, 0.25) is 0 Å². The van der Waals surface area contributed by atoms with Crippen molar-refractivity contribution >= 4 is 43.9 Å². The molecule has 234 valence electrons. The van der Waals surface area contributed by atoms with Crippen LogP contribution >= 0.6 is 0 Å². The van der Waals surface area contributed by atoms with Gasteiger partial charge >= 0.3 is 0 Å². The molecule has 0 radical (unpaired) electrons. The predicted molar refractivity (Wildman–Crippen MR) is 199 cm³/mol. The molecule has 0 aliphatic heterocycles. The Kier molecular flexibility index (Phi) is 6.35. The van der Waals surface area contributed by atoms with E-state index in [9.17, 15) is 0 Å². The van der Waals surface area contributed by atoms with E-state index in [0.717, 1.165) is 55.2 Å². The number of benzene rings is 6. The highest BCUT2D eigenvalue weighted by atomic mass is 16.3. The molecule has 4 heterocycles. The van der Waals surface area contributed by atoms with Crippen molar-refractivity contribution in [1.82, 2.24) is 29.5 Å². The van der Waals surface area contributed by atoms with Gasteiger partial charge in [-0.3, -0.25) is 0 Å². The maximum Gasteiger partial charge on any atom is 0.186 e. The molecule has 0 bridgehead atoms. The van der Waals surface area contributed by atoms with Gasteiger partial charge in [0.2, 0.25) is 0 Å². The molecule has 7 nitrogen and oxygen atoms in total. The van der Waals surface area contributed by atoms with Gasteiger partial charge in [-0.1, -0.05) is 109 Å². The smallest absolute Gasteiger partial charge is 0.186 e. The highest BCUT2D eigenvalue weighted by Gasteiger charge is 2.23. The first kappa shape index (κ1) is 28.1. The molecule has 0 fully saturated rings. The van der Waals surface area contributed by atoms with Gasteiger partial charge in [0, 0.05) is 38.5 Å². The molecular weight excluding hydrogens is 617 g/mol. The molecule has 7 heteroatoms. The third-order valence-electron chi connectivity index (χ3n) is 9.08. The Balaban J connectivity index is 1.24.